The van der Waals surface area contributed by atoms with Crippen molar-refractivity contribution >= 4 is 23.5 Å². The average Bonchev–Trinajstić information content (AvgIpc) is 3.27. The van der Waals surface area contributed by atoms with Gasteiger partial charge in [0.25, 0.3) is 0 Å². The quantitative estimate of drug-likeness (QED) is 0.450. The zero-order valence-corrected chi connectivity index (χ0v) is 27.8. The van der Waals surface area contributed by atoms with Gasteiger partial charge in [-0.1, -0.05) is 24.3 Å². The van der Waals surface area contributed by atoms with Gasteiger partial charge >= 0.3 is 6.03 Å². The number of likely N-dealkylation sites (tertiary alicyclic amines) is 1. The number of phenols is 1. The summed E-state index contributed by atoms with van der Waals surface area (Å²) in [6.45, 7) is 8.09. The second-order valence-electron chi connectivity index (χ2n) is 13.4. The van der Waals surface area contributed by atoms with Crippen LogP contribution in [0.15, 0.2) is 36.4 Å². The fourth-order valence-electron chi connectivity index (χ4n) is 7.74. The fourth-order valence-corrected chi connectivity index (χ4v) is 7.74. The number of hydrogen-bond acceptors (Lipinski definition) is 7. The monoisotopic (exact) mass is 647 g/mol. The van der Waals surface area contributed by atoms with Crippen LogP contribution in [-0.4, -0.2) is 121 Å². The molecule has 4 aliphatic rings. The van der Waals surface area contributed by atoms with E-state index in [0.717, 1.165) is 62.4 Å². The first-order chi connectivity index (χ1) is 22.8. The molecule has 1 atom stereocenters. The maximum Gasteiger partial charge on any atom is 0.322 e. The maximum atomic E-state index is 14.1. The molecule has 3 fully saturated rings. The van der Waals surface area contributed by atoms with Crippen LogP contribution in [0.5, 0.6) is 11.5 Å². The molecule has 0 aliphatic carbocycles. The van der Waals surface area contributed by atoms with Crippen molar-refractivity contribution < 1.29 is 29.0 Å². The van der Waals surface area contributed by atoms with Crippen molar-refractivity contribution in [1.29, 1.82) is 0 Å². The molecule has 2 N–H and O–H groups in total. The normalized spacial score (nSPS) is 20.7. The van der Waals surface area contributed by atoms with Crippen LogP contribution in [-0.2, 0) is 27.2 Å². The maximum absolute atomic E-state index is 14.1. The molecule has 0 bridgehead atoms. The van der Waals surface area contributed by atoms with Gasteiger partial charge in [-0.2, -0.15) is 0 Å². The number of hydrogen-bond donors (Lipinski definition) is 2. The molecule has 0 unspecified atom stereocenters. The number of urea groups is 1. The smallest absolute Gasteiger partial charge is 0.322 e. The number of phenolic OH excluding ortho intramolecular Hbond substituents is 1. The summed E-state index contributed by atoms with van der Waals surface area (Å²) in [5.74, 6) is -0.101. The second kappa shape index (κ2) is 14.9. The van der Waals surface area contributed by atoms with Crippen molar-refractivity contribution in [3.05, 3.63) is 53.1 Å². The first kappa shape index (κ1) is 33.1. The molecule has 6 rings (SSSR count). The minimum absolute atomic E-state index is 0.00497. The van der Waals surface area contributed by atoms with Crippen LogP contribution in [0.1, 0.15) is 48.8 Å². The van der Waals surface area contributed by atoms with Crippen LogP contribution < -0.4 is 10.1 Å². The molecular formula is C36H49N5O6. The predicted octanol–water partition coefficient (Wildman–Crippen LogP) is 3.66. The van der Waals surface area contributed by atoms with E-state index in [4.69, 9.17) is 9.47 Å². The van der Waals surface area contributed by atoms with E-state index in [9.17, 15) is 19.5 Å². The number of piperazine rings is 1. The van der Waals surface area contributed by atoms with Gasteiger partial charge in [-0.3, -0.25) is 14.5 Å². The number of carbonyl (C=O) groups is 3. The Morgan fingerprint density at radius 2 is 1.68 bits per heavy atom. The number of aromatic hydroxyl groups is 1. The minimum atomic E-state index is -0.529. The Balaban J connectivity index is 1.10. The van der Waals surface area contributed by atoms with Crippen molar-refractivity contribution in [2.75, 3.05) is 71.5 Å². The highest BCUT2D eigenvalue weighted by Gasteiger charge is 2.35. The number of nitrogens with one attached hydrogen (secondary N) is 1. The standard InChI is InChI=1S/C36H49N5O6/c1-25-21-26(23-32(46-2)34(25)43)22-28(35(44)40-17-15-38(16-18-40)29-10-19-47-20-11-29)24-33(42)39-12-8-30(9-13-39)41-14-7-27-5-3-4-6-31(27)37-36(41)45/h3-6,21,23,28-30,43H,7-20,22,24H2,1-2H3,(H,37,45)/t28-/m0/s1. The van der Waals surface area contributed by atoms with Crippen LogP contribution in [0.3, 0.4) is 0 Å². The Labute approximate surface area is 277 Å². The summed E-state index contributed by atoms with van der Waals surface area (Å²) in [7, 11) is 1.51. The molecule has 0 spiro atoms. The summed E-state index contributed by atoms with van der Waals surface area (Å²) >= 11 is 0. The van der Waals surface area contributed by atoms with Crippen molar-refractivity contribution in [2.45, 2.75) is 64.0 Å². The van der Waals surface area contributed by atoms with E-state index in [1.807, 2.05) is 45.9 Å². The van der Waals surface area contributed by atoms with Crippen LogP contribution in [0.4, 0.5) is 10.5 Å². The van der Waals surface area contributed by atoms with Gasteiger partial charge in [0.15, 0.2) is 11.5 Å². The number of amides is 4. The summed E-state index contributed by atoms with van der Waals surface area (Å²) in [5.41, 5.74) is 3.54. The summed E-state index contributed by atoms with van der Waals surface area (Å²) < 4.78 is 10.9. The molecule has 2 aromatic carbocycles. The van der Waals surface area contributed by atoms with Gasteiger partial charge in [-0.05, 0) is 74.3 Å². The fraction of sp³-hybridized carbons (Fsp3) is 0.583. The lowest BCUT2D eigenvalue weighted by atomic mass is 9.92. The number of anilines is 1. The number of nitrogens with zero attached hydrogens (tertiary/aromatic N) is 4. The largest absolute Gasteiger partial charge is 0.504 e. The lowest BCUT2D eigenvalue weighted by Gasteiger charge is -2.41. The minimum Gasteiger partial charge on any atom is -0.504 e. The highest BCUT2D eigenvalue weighted by molar-refractivity contribution is 5.91. The van der Waals surface area contributed by atoms with Gasteiger partial charge in [-0.15, -0.1) is 0 Å². The molecule has 0 saturated carbocycles. The third-order valence-corrected chi connectivity index (χ3v) is 10.5. The summed E-state index contributed by atoms with van der Waals surface area (Å²) in [6, 6.07) is 12.1. The van der Waals surface area contributed by atoms with Gasteiger partial charge in [0, 0.05) is 83.2 Å². The molecule has 11 nitrogen and oxygen atoms in total. The average molecular weight is 648 g/mol. The molecule has 4 amide bonds. The van der Waals surface area contributed by atoms with E-state index >= 15 is 0 Å². The number of fused-ring (bicyclic) bond motifs is 1. The zero-order chi connectivity index (χ0) is 32.9. The Morgan fingerprint density at radius 3 is 2.40 bits per heavy atom. The summed E-state index contributed by atoms with van der Waals surface area (Å²) in [6.07, 6.45) is 4.76. The number of methoxy groups -OCH3 is 1. The predicted molar refractivity (Wildman–Crippen MR) is 179 cm³/mol. The molecular weight excluding hydrogens is 598 g/mol. The number of piperidine rings is 1. The Hall–Kier alpha value is -3.83. The lowest BCUT2D eigenvalue weighted by molar-refractivity contribution is -0.143. The van der Waals surface area contributed by atoms with Crippen molar-refractivity contribution in [3.63, 3.8) is 0 Å². The van der Waals surface area contributed by atoms with E-state index < -0.39 is 5.92 Å². The third-order valence-electron chi connectivity index (χ3n) is 10.5. The summed E-state index contributed by atoms with van der Waals surface area (Å²) in [5, 5.41) is 13.5. The molecule has 2 aromatic rings. The molecule has 3 saturated heterocycles. The first-order valence-electron chi connectivity index (χ1n) is 17.2. The van der Waals surface area contributed by atoms with E-state index in [0.29, 0.717) is 69.3 Å². The van der Waals surface area contributed by atoms with Crippen LogP contribution >= 0.6 is 0 Å². The van der Waals surface area contributed by atoms with Gasteiger partial charge < -0.3 is 34.6 Å². The van der Waals surface area contributed by atoms with Crippen molar-refractivity contribution in [2.24, 2.45) is 5.92 Å². The van der Waals surface area contributed by atoms with E-state index in [1.54, 1.807) is 6.07 Å². The van der Waals surface area contributed by atoms with E-state index in [2.05, 4.69) is 16.3 Å². The number of aryl methyl sites for hydroxylation is 1. The van der Waals surface area contributed by atoms with E-state index in [1.165, 1.54) is 7.11 Å². The van der Waals surface area contributed by atoms with Crippen LogP contribution in [0.2, 0.25) is 0 Å². The van der Waals surface area contributed by atoms with Gasteiger partial charge in [-0.25, -0.2) is 4.79 Å². The SMILES string of the molecule is COc1cc(C[C@@H](CC(=O)N2CCC(N3CCc4ccccc4NC3=O)CC2)C(=O)N2CCN(C3CCOCC3)CC2)cc(C)c1O. The Bertz CT molecular complexity index is 1430. The number of para-hydroxylation sites is 1. The zero-order valence-electron chi connectivity index (χ0n) is 27.8. The van der Waals surface area contributed by atoms with Crippen LogP contribution in [0.25, 0.3) is 0 Å². The highest BCUT2D eigenvalue weighted by Crippen LogP contribution is 2.33. The molecule has 0 radical (unpaired) electrons. The van der Waals surface area contributed by atoms with Gasteiger partial charge in [0.1, 0.15) is 0 Å². The molecule has 254 valence electrons. The Morgan fingerprint density at radius 1 is 0.957 bits per heavy atom. The first-order valence-corrected chi connectivity index (χ1v) is 17.2. The summed E-state index contributed by atoms with van der Waals surface area (Å²) in [4.78, 5) is 49.2. The molecule has 4 heterocycles. The van der Waals surface area contributed by atoms with Crippen LogP contribution in [0, 0.1) is 12.8 Å². The van der Waals surface area contributed by atoms with Gasteiger partial charge in [0.2, 0.25) is 11.8 Å². The van der Waals surface area contributed by atoms with Gasteiger partial charge in [0.05, 0.1) is 13.0 Å². The topological polar surface area (TPSA) is 115 Å². The second-order valence-corrected chi connectivity index (χ2v) is 13.4. The number of benzene rings is 2. The highest BCUT2D eigenvalue weighted by atomic mass is 16.5. The lowest BCUT2D eigenvalue weighted by Crippen LogP contribution is -2.54. The number of ether oxygens (including phenoxy) is 2. The van der Waals surface area contributed by atoms with Crippen molar-refractivity contribution in [1.82, 2.24) is 19.6 Å². The number of rotatable bonds is 8. The molecule has 11 heteroatoms. The van der Waals surface area contributed by atoms with Crippen molar-refractivity contribution in [3.8, 4) is 11.5 Å². The molecule has 47 heavy (non-hydrogen) atoms. The van der Waals surface area contributed by atoms with E-state index in [-0.39, 0.29) is 36.1 Å². The third kappa shape index (κ3) is 7.67. The molecule has 0 aromatic heterocycles. The number of carbonyl (C=O) groups excluding carboxylic acids is 3. The Kier molecular flexibility index (Phi) is 10.5. The molecule has 4 aliphatic heterocycles.